The SMILES string of the molecule is O=C1CNC(=O)N1.c1ccc2c3c([nH]c2c1)CNCC3. The third-order valence-electron chi connectivity index (χ3n) is 3.42. The van der Waals surface area contributed by atoms with Crippen LogP contribution in [-0.2, 0) is 17.8 Å². The molecule has 0 spiro atoms. The van der Waals surface area contributed by atoms with E-state index in [0.717, 1.165) is 19.5 Å². The number of rotatable bonds is 0. The van der Waals surface area contributed by atoms with E-state index < -0.39 is 6.03 Å². The van der Waals surface area contributed by atoms with Gasteiger partial charge in [0.05, 0.1) is 6.54 Å². The van der Waals surface area contributed by atoms with Crippen molar-refractivity contribution >= 4 is 22.8 Å². The van der Waals surface area contributed by atoms with Gasteiger partial charge in [0.15, 0.2) is 0 Å². The van der Waals surface area contributed by atoms with Crippen molar-refractivity contribution in [1.29, 1.82) is 0 Å². The summed E-state index contributed by atoms with van der Waals surface area (Å²) in [5.74, 6) is -0.259. The number of carbonyl (C=O) groups excluding carboxylic acids is 2. The summed E-state index contributed by atoms with van der Waals surface area (Å²) >= 11 is 0. The van der Waals surface area contributed by atoms with Crippen molar-refractivity contribution in [2.45, 2.75) is 13.0 Å². The molecule has 1 aromatic carbocycles. The number of imide groups is 1. The number of H-pyrrole nitrogens is 1. The van der Waals surface area contributed by atoms with E-state index >= 15 is 0 Å². The van der Waals surface area contributed by atoms with Crippen LogP contribution in [0.2, 0.25) is 0 Å². The molecule has 1 aromatic heterocycles. The predicted molar refractivity (Wildman–Crippen MR) is 75.3 cm³/mol. The number of hydrogen-bond acceptors (Lipinski definition) is 3. The molecule has 3 amide bonds. The van der Waals surface area contributed by atoms with Crippen LogP contribution < -0.4 is 16.0 Å². The molecule has 4 rings (SSSR count). The number of urea groups is 1. The molecule has 2 aliphatic heterocycles. The van der Waals surface area contributed by atoms with Gasteiger partial charge in [-0.2, -0.15) is 0 Å². The Morgan fingerprint density at radius 3 is 2.60 bits per heavy atom. The Balaban J connectivity index is 0.000000147. The van der Waals surface area contributed by atoms with Crippen LogP contribution in [-0.4, -0.2) is 30.0 Å². The van der Waals surface area contributed by atoms with Crippen molar-refractivity contribution in [3.05, 3.63) is 35.5 Å². The molecule has 3 heterocycles. The highest BCUT2D eigenvalue weighted by Gasteiger charge is 2.14. The molecule has 2 aromatic rings. The quantitative estimate of drug-likeness (QED) is 0.531. The third-order valence-corrected chi connectivity index (χ3v) is 3.42. The average Bonchev–Trinajstić information content (AvgIpc) is 3.02. The first kappa shape index (κ1) is 12.7. The Bertz CT molecular complexity index is 648. The minimum absolute atomic E-state index is 0.124. The van der Waals surface area contributed by atoms with Gasteiger partial charge in [-0.15, -0.1) is 0 Å². The number of carbonyl (C=O) groups is 2. The lowest BCUT2D eigenvalue weighted by Gasteiger charge is -2.12. The summed E-state index contributed by atoms with van der Waals surface area (Å²) in [6, 6.07) is 8.14. The maximum atomic E-state index is 10.1. The van der Waals surface area contributed by atoms with Gasteiger partial charge in [0, 0.05) is 23.1 Å². The second-order valence-electron chi connectivity index (χ2n) is 4.79. The number of aromatic nitrogens is 1. The average molecular weight is 272 g/mol. The Morgan fingerprint density at radius 2 is 1.90 bits per heavy atom. The number of nitrogens with one attached hydrogen (secondary N) is 4. The van der Waals surface area contributed by atoms with Crippen molar-refractivity contribution in [2.75, 3.05) is 13.1 Å². The Hall–Kier alpha value is -2.34. The van der Waals surface area contributed by atoms with Crippen LogP contribution in [0.4, 0.5) is 4.79 Å². The first-order valence-corrected chi connectivity index (χ1v) is 6.61. The number of benzene rings is 1. The molecule has 0 bridgehead atoms. The van der Waals surface area contributed by atoms with Crippen molar-refractivity contribution in [3.8, 4) is 0 Å². The summed E-state index contributed by atoms with van der Waals surface area (Å²) in [7, 11) is 0. The second-order valence-corrected chi connectivity index (χ2v) is 4.79. The maximum Gasteiger partial charge on any atom is 0.321 e. The van der Waals surface area contributed by atoms with Gasteiger partial charge in [-0.3, -0.25) is 10.1 Å². The van der Waals surface area contributed by atoms with Crippen LogP contribution in [0.1, 0.15) is 11.3 Å². The van der Waals surface area contributed by atoms with Crippen molar-refractivity contribution in [2.24, 2.45) is 0 Å². The van der Waals surface area contributed by atoms with Gasteiger partial charge in [-0.05, 0) is 24.6 Å². The molecule has 1 saturated heterocycles. The molecule has 0 saturated carbocycles. The minimum Gasteiger partial charge on any atom is -0.357 e. The molecular formula is C14H16N4O2. The summed E-state index contributed by atoms with van der Waals surface area (Å²) in [6.07, 6.45) is 1.15. The lowest BCUT2D eigenvalue weighted by atomic mass is 10.1. The summed E-state index contributed by atoms with van der Waals surface area (Å²) in [5.41, 5.74) is 4.15. The third kappa shape index (κ3) is 2.50. The van der Waals surface area contributed by atoms with Crippen LogP contribution in [0.3, 0.4) is 0 Å². The van der Waals surface area contributed by atoms with E-state index in [4.69, 9.17) is 0 Å². The zero-order chi connectivity index (χ0) is 13.9. The monoisotopic (exact) mass is 272 g/mol. The van der Waals surface area contributed by atoms with Crippen LogP contribution in [0.5, 0.6) is 0 Å². The minimum atomic E-state index is -0.398. The standard InChI is InChI=1S/C11H12N2.C3H4N2O2/c1-2-4-10-8(3-1)9-5-6-12-7-11(9)13-10;6-2-1-4-3(7)5-2/h1-4,12-13H,5-7H2;1H2,(H2,4,5,6,7). The van der Waals surface area contributed by atoms with Gasteiger partial charge in [0.25, 0.3) is 0 Å². The largest absolute Gasteiger partial charge is 0.357 e. The highest BCUT2D eigenvalue weighted by Crippen LogP contribution is 2.24. The zero-order valence-corrected chi connectivity index (χ0v) is 11.0. The van der Waals surface area contributed by atoms with E-state index in [1.807, 2.05) is 5.32 Å². The Morgan fingerprint density at radius 1 is 1.05 bits per heavy atom. The van der Waals surface area contributed by atoms with E-state index in [2.05, 4.69) is 39.9 Å². The lowest BCUT2D eigenvalue weighted by Crippen LogP contribution is -2.22. The van der Waals surface area contributed by atoms with Gasteiger partial charge < -0.3 is 15.6 Å². The van der Waals surface area contributed by atoms with Gasteiger partial charge in [0.2, 0.25) is 5.91 Å². The van der Waals surface area contributed by atoms with Crippen molar-refractivity contribution < 1.29 is 9.59 Å². The molecule has 2 aliphatic rings. The first-order valence-electron chi connectivity index (χ1n) is 6.61. The predicted octanol–water partition coefficient (Wildman–Crippen LogP) is 0.639. The summed E-state index contributed by atoms with van der Waals surface area (Å²) in [4.78, 5) is 23.5. The smallest absolute Gasteiger partial charge is 0.321 e. The normalized spacial score (nSPS) is 17.0. The number of hydrogen-bond donors (Lipinski definition) is 4. The van der Waals surface area contributed by atoms with Crippen molar-refractivity contribution in [1.82, 2.24) is 20.9 Å². The van der Waals surface area contributed by atoms with Crippen LogP contribution >= 0.6 is 0 Å². The Kier molecular flexibility index (Phi) is 3.39. The lowest BCUT2D eigenvalue weighted by molar-refractivity contribution is -0.117. The van der Waals surface area contributed by atoms with E-state index in [0.29, 0.717) is 0 Å². The van der Waals surface area contributed by atoms with E-state index in [1.165, 1.54) is 22.2 Å². The van der Waals surface area contributed by atoms with Crippen LogP contribution in [0.25, 0.3) is 10.9 Å². The summed E-state index contributed by atoms with van der Waals surface area (Å²) < 4.78 is 0. The van der Waals surface area contributed by atoms with Gasteiger partial charge in [0.1, 0.15) is 0 Å². The molecule has 0 unspecified atom stereocenters. The molecule has 0 aliphatic carbocycles. The van der Waals surface area contributed by atoms with E-state index in [1.54, 1.807) is 0 Å². The fraction of sp³-hybridized carbons (Fsp3) is 0.286. The summed E-state index contributed by atoms with van der Waals surface area (Å²) in [6.45, 7) is 2.22. The molecule has 4 N–H and O–H groups in total. The fourth-order valence-corrected chi connectivity index (χ4v) is 2.49. The molecule has 1 fully saturated rings. The fourth-order valence-electron chi connectivity index (χ4n) is 2.49. The molecule has 6 nitrogen and oxygen atoms in total. The van der Waals surface area contributed by atoms with Crippen molar-refractivity contribution in [3.63, 3.8) is 0 Å². The molecular weight excluding hydrogens is 256 g/mol. The van der Waals surface area contributed by atoms with E-state index in [-0.39, 0.29) is 12.5 Å². The van der Waals surface area contributed by atoms with Gasteiger partial charge in [-0.25, -0.2) is 4.79 Å². The van der Waals surface area contributed by atoms with Gasteiger partial charge >= 0.3 is 6.03 Å². The van der Waals surface area contributed by atoms with E-state index in [9.17, 15) is 9.59 Å². The highest BCUT2D eigenvalue weighted by atomic mass is 16.2. The molecule has 20 heavy (non-hydrogen) atoms. The number of para-hydroxylation sites is 1. The first-order chi connectivity index (χ1) is 9.74. The highest BCUT2D eigenvalue weighted by molar-refractivity contribution is 6.01. The maximum absolute atomic E-state index is 10.1. The molecule has 0 radical (unpaired) electrons. The van der Waals surface area contributed by atoms with Crippen LogP contribution in [0, 0.1) is 0 Å². The topological polar surface area (TPSA) is 86.0 Å². The van der Waals surface area contributed by atoms with Crippen LogP contribution in [0.15, 0.2) is 24.3 Å². The Labute approximate surface area is 115 Å². The van der Waals surface area contributed by atoms with Gasteiger partial charge in [-0.1, -0.05) is 18.2 Å². The molecule has 104 valence electrons. The number of fused-ring (bicyclic) bond motifs is 3. The second kappa shape index (κ2) is 5.34. The summed E-state index contributed by atoms with van der Waals surface area (Å²) in [5, 5.41) is 9.07. The molecule has 0 atom stereocenters. The number of amides is 3. The zero-order valence-electron chi connectivity index (χ0n) is 11.0. The molecule has 6 heteroatoms. The number of aromatic amines is 1.